The number of carbonyl (C=O) groups is 1. The molecule has 0 aliphatic rings. The lowest BCUT2D eigenvalue weighted by Gasteiger charge is -2.07. The van der Waals surface area contributed by atoms with E-state index in [4.69, 9.17) is 4.74 Å². The summed E-state index contributed by atoms with van der Waals surface area (Å²) in [5.74, 6) is 0.766. The smallest absolute Gasteiger partial charge is 0.193 e. The normalized spacial score (nSPS) is 10.3. The molecule has 98 valence electrons. The van der Waals surface area contributed by atoms with Crippen LogP contribution in [0.1, 0.15) is 22.8 Å². The number of rotatable bonds is 4. The summed E-state index contributed by atoms with van der Waals surface area (Å²) >= 11 is 5.64. The van der Waals surface area contributed by atoms with Crippen molar-refractivity contribution in [3.63, 3.8) is 0 Å². The van der Waals surface area contributed by atoms with Gasteiger partial charge in [-0.05, 0) is 87.9 Å². The van der Waals surface area contributed by atoms with Gasteiger partial charge in [-0.15, -0.1) is 0 Å². The van der Waals surface area contributed by atoms with Gasteiger partial charge >= 0.3 is 0 Å². The van der Waals surface area contributed by atoms with E-state index in [-0.39, 0.29) is 5.78 Å². The Morgan fingerprint density at radius 2 is 1.79 bits per heavy atom. The highest BCUT2D eigenvalue weighted by molar-refractivity contribution is 14.1. The van der Waals surface area contributed by atoms with Gasteiger partial charge < -0.3 is 4.74 Å². The number of carbonyl (C=O) groups excluding carboxylic acids is 1. The number of hydrogen-bond donors (Lipinski definition) is 0. The second-order valence-electron chi connectivity index (χ2n) is 3.91. The first-order valence-electron chi connectivity index (χ1n) is 5.84. The van der Waals surface area contributed by atoms with Crippen molar-refractivity contribution in [3.05, 3.63) is 61.6 Å². The minimum atomic E-state index is 0.0140. The van der Waals surface area contributed by atoms with Crippen molar-refractivity contribution >= 4 is 44.3 Å². The van der Waals surface area contributed by atoms with Crippen LogP contribution in [0.5, 0.6) is 5.75 Å². The van der Waals surface area contributed by atoms with E-state index in [9.17, 15) is 4.79 Å². The van der Waals surface area contributed by atoms with E-state index in [1.165, 1.54) is 0 Å². The van der Waals surface area contributed by atoms with Crippen molar-refractivity contribution < 1.29 is 9.53 Å². The fourth-order valence-corrected chi connectivity index (χ4v) is 2.54. The lowest BCUT2D eigenvalue weighted by Crippen LogP contribution is -2.02. The second kappa shape index (κ2) is 6.52. The molecule has 2 aromatic carbocycles. The average Bonchev–Trinajstić information content (AvgIpc) is 2.41. The topological polar surface area (TPSA) is 26.3 Å². The van der Waals surface area contributed by atoms with Gasteiger partial charge in [0.25, 0.3) is 0 Å². The lowest BCUT2D eigenvalue weighted by molar-refractivity contribution is 0.103. The van der Waals surface area contributed by atoms with Crippen LogP contribution in [0.25, 0.3) is 0 Å². The third-order valence-corrected chi connectivity index (χ3v) is 3.94. The van der Waals surface area contributed by atoms with Gasteiger partial charge in [-0.2, -0.15) is 0 Å². The SMILES string of the molecule is CCOc1ccc(C(=O)c2ccc(I)cc2)cc1Br. The van der Waals surface area contributed by atoms with Crippen molar-refractivity contribution in [2.45, 2.75) is 6.92 Å². The summed E-state index contributed by atoms with van der Waals surface area (Å²) in [4.78, 5) is 12.3. The molecular formula is C15H12BrIO2. The van der Waals surface area contributed by atoms with Gasteiger partial charge in [0.05, 0.1) is 11.1 Å². The number of ether oxygens (including phenoxy) is 1. The van der Waals surface area contributed by atoms with Crippen molar-refractivity contribution in [1.82, 2.24) is 0 Å². The zero-order valence-corrected chi connectivity index (χ0v) is 14.1. The maximum atomic E-state index is 12.3. The highest BCUT2D eigenvalue weighted by Gasteiger charge is 2.11. The first-order chi connectivity index (χ1) is 9.11. The molecule has 0 amide bonds. The van der Waals surface area contributed by atoms with E-state index in [2.05, 4.69) is 38.5 Å². The third-order valence-electron chi connectivity index (χ3n) is 2.60. The first kappa shape index (κ1) is 14.5. The molecular weight excluding hydrogens is 419 g/mol. The molecule has 0 heterocycles. The van der Waals surface area contributed by atoms with Gasteiger partial charge in [0.1, 0.15) is 5.75 Å². The zero-order valence-electron chi connectivity index (χ0n) is 10.3. The van der Waals surface area contributed by atoms with Crippen LogP contribution >= 0.6 is 38.5 Å². The Hall–Kier alpha value is -0.880. The van der Waals surface area contributed by atoms with E-state index in [1.54, 1.807) is 12.1 Å². The van der Waals surface area contributed by atoms with Crippen molar-refractivity contribution in [2.75, 3.05) is 6.61 Å². The molecule has 0 aliphatic heterocycles. The van der Waals surface area contributed by atoms with Crippen LogP contribution in [-0.2, 0) is 0 Å². The second-order valence-corrected chi connectivity index (χ2v) is 6.01. The molecule has 0 spiro atoms. The predicted octanol–water partition coefficient (Wildman–Crippen LogP) is 4.68. The molecule has 2 nitrogen and oxygen atoms in total. The first-order valence-corrected chi connectivity index (χ1v) is 7.71. The molecule has 2 aromatic rings. The van der Waals surface area contributed by atoms with Crippen LogP contribution in [0.3, 0.4) is 0 Å². The molecule has 0 radical (unpaired) electrons. The average molecular weight is 431 g/mol. The van der Waals surface area contributed by atoms with E-state index in [1.807, 2.05) is 37.3 Å². The summed E-state index contributed by atoms with van der Waals surface area (Å²) < 4.78 is 7.34. The van der Waals surface area contributed by atoms with E-state index < -0.39 is 0 Å². The summed E-state index contributed by atoms with van der Waals surface area (Å²) in [7, 11) is 0. The van der Waals surface area contributed by atoms with Crippen LogP contribution in [0.15, 0.2) is 46.9 Å². The fraction of sp³-hybridized carbons (Fsp3) is 0.133. The van der Waals surface area contributed by atoms with Crippen molar-refractivity contribution in [1.29, 1.82) is 0 Å². The highest BCUT2D eigenvalue weighted by Crippen LogP contribution is 2.27. The molecule has 0 aliphatic carbocycles. The number of halogens is 2. The molecule has 0 fully saturated rings. The minimum Gasteiger partial charge on any atom is -0.493 e. The Balaban J connectivity index is 2.29. The minimum absolute atomic E-state index is 0.0140. The summed E-state index contributed by atoms with van der Waals surface area (Å²) in [6, 6.07) is 12.9. The summed E-state index contributed by atoms with van der Waals surface area (Å²) in [6.45, 7) is 2.53. The summed E-state index contributed by atoms with van der Waals surface area (Å²) in [5, 5.41) is 0. The summed E-state index contributed by atoms with van der Waals surface area (Å²) in [5.41, 5.74) is 1.34. The maximum Gasteiger partial charge on any atom is 0.193 e. The van der Waals surface area contributed by atoms with E-state index in [0.717, 1.165) is 13.8 Å². The maximum absolute atomic E-state index is 12.3. The Labute approximate surface area is 134 Å². The van der Waals surface area contributed by atoms with Crippen molar-refractivity contribution in [3.8, 4) is 5.75 Å². The Morgan fingerprint density at radius 3 is 2.37 bits per heavy atom. The summed E-state index contributed by atoms with van der Waals surface area (Å²) in [6.07, 6.45) is 0. The van der Waals surface area contributed by atoms with Crippen LogP contribution in [0, 0.1) is 3.57 Å². The number of hydrogen-bond acceptors (Lipinski definition) is 2. The molecule has 0 atom stereocenters. The predicted molar refractivity (Wildman–Crippen MR) is 87.9 cm³/mol. The van der Waals surface area contributed by atoms with Gasteiger partial charge in [-0.1, -0.05) is 0 Å². The highest BCUT2D eigenvalue weighted by atomic mass is 127. The van der Waals surface area contributed by atoms with Crippen LogP contribution in [-0.4, -0.2) is 12.4 Å². The fourth-order valence-electron chi connectivity index (χ4n) is 1.68. The number of benzene rings is 2. The molecule has 0 bridgehead atoms. The monoisotopic (exact) mass is 430 g/mol. The molecule has 2 rings (SSSR count). The van der Waals surface area contributed by atoms with Gasteiger partial charge in [0.15, 0.2) is 5.78 Å². The van der Waals surface area contributed by atoms with Crippen molar-refractivity contribution in [2.24, 2.45) is 0 Å². The van der Waals surface area contributed by atoms with Gasteiger partial charge in [0, 0.05) is 14.7 Å². The quantitative estimate of drug-likeness (QED) is 0.519. The van der Waals surface area contributed by atoms with Crippen LogP contribution in [0.2, 0.25) is 0 Å². The molecule has 0 saturated carbocycles. The van der Waals surface area contributed by atoms with E-state index in [0.29, 0.717) is 17.7 Å². The third kappa shape index (κ3) is 3.57. The van der Waals surface area contributed by atoms with Crippen LogP contribution < -0.4 is 4.74 Å². The van der Waals surface area contributed by atoms with Gasteiger partial charge in [-0.3, -0.25) is 4.79 Å². The Kier molecular flexibility index (Phi) is 4.99. The molecule has 0 N–H and O–H groups in total. The zero-order chi connectivity index (χ0) is 13.8. The number of ketones is 1. The molecule has 0 aromatic heterocycles. The molecule has 4 heteroatoms. The largest absolute Gasteiger partial charge is 0.493 e. The standard InChI is InChI=1S/C15H12BrIO2/c1-2-19-14-8-5-11(9-13(14)16)15(18)10-3-6-12(17)7-4-10/h3-9H,2H2,1H3. The molecule has 19 heavy (non-hydrogen) atoms. The Bertz CT molecular complexity index is 594. The molecule has 0 unspecified atom stereocenters. The van der Waals surface area contributed by atoms with Gasteiger partial charge in [-0.25, -0.2) is 0 Å². The van der Waals surface area contributed by atoms with Crippen LogP contribution in [0.4, 0.5) is 0 Å². The molecule has 0 saturated heterocycles. The lowest BCUT2D eigenvalue weighted by atomic mass is 10.0. The van der Waals surface area contributed by atoms with E-state index >= 15 is 0 Å². The van der Waals surface area contributed by atoms with Gasteiger partial charge in [0.2, 0.25) is 0 Å². The Morgan fingerprint density at radius 1 is 1.16 bits per heavy atom.